The number of nitrogens with one attached hydrogen (secondary N) is 1. The van der Waals surface area contributed by atoms with Crippen LogP contribution in [-0.4, -0.2) is 38.3 Å². The summed E-state index contributed by atoms with van der Waals surface area (Å²) in [5.41, 5.74) is 8.72. The number of para-hydroxylation sites is 2. The van der Waals surface area contributed by atoms with E-state index >= 15 is 0 Å². The third-order valence-corrected chi connectivity index (χ3v) is 4.91. The summed E-state index contributed by atoms with van der Waals surface area (Å²) in [4.78, 5) is 13.3. The Labute approximate surface area is 152 Å². The predicted molar refractivity (Wildman–Crippen MR) is 102 cm³/mol. The average Bonchev–Trinajstić information content (AvgIpc) is 3.17. The van der Waals surface area contributed by atoms with Gasteiger partial charge in [-0.2, -0.15) is 4.98 Å². The summed E-state index contributed by atoms with van der Waals surface area (Å²) in [6.45, 7) is 6.25. The summed E-state index contributed by atoms with van der Waals surface area (Å²) in [6.07, 6.45) is 2.15. The van der Waals surface area contributed by atoms with E-state index < -0.39 is 0 Å². The lowest BCUT2D eigenvalue weighted by Gasteiger charge is -2.23. The highest BCUT2D eigenvalue weighted by atomic mass is 16.5. The number of nitrogens with two attached hydrogens (primary N) is 1. The molecule has 1 aliphatic rings. The highest BCUT2D eigenvalue weighted by Crippen LogP contribution is 2.25. The molecule has 1 aromatic carbocycles. The highest BCUT2D eigenvalue weighted by Gasteiger charge is 2.29. The molecule has 1 atom stereocenters. The van der Waals surface area contributed by atoms with Crippen molar-refractivity contribution in [1.82, 2.24) is 19.5 Å². The zero-order valence-electron chi connectivity index (χ0n) is 15.2. The number of benzene rings is 1. The molecule has 26 heavy (non-hydrogen) atoms. The normalized spacial score (nSPS) is 19.9. The maximum Gasteiger partial charge on any atom is 0.222 e. The Kier molecular flexibility index (Phi) is 4.24. The molecule has 136 valence electrons. The third kappa shape index (κ3) is 3.35. The fourth-order valence-corrected chi connectivity index (χ4v) is 3.50. The van der Waals surface area contributed by atoms with Gasteiger partial charge in [-0.15, -0.1) is 0 Å². The minimum Gasteiger partial charge on any atom is -0.373 e. The lowest BCUT2D eigenvalue weighted by molar-refractivity contribution is 0.0315. The predicted octanol–water partition coefficient (Wildman–Crippen LogP) is 2.75. The van der Waals surface area contributed by atoms with Crippen LogP contribution in [0.1, 0.15) is 31.3 Å². The second-order valence-electron chi connectivity index (χ2n) is 7.09. The number of nitrogen functional groups attached to an aromatic ring is 1. The molecule has 7 heteroatoms. The summed E-state index contributed by atoms with van der Waals surface area (Å²) in [6, 6.07) is 10.0. The monoisotopic (exact) mass is 352 g/mol. The van der Waals surface area contributed by atoms with Crippen LogP contribution in [0.4, 0.5) is 11.8 Å². The first-order chi connectivity index (χ1) is 12.5. The van der Waals surface area contributed by atoms with Gasteiger partial charge in [0.25, 0.3) is 0 Å². The Morgan fingerprint density at radius 1 is 1.27 bits per heavy atom. The van der Waals surface area contributed by atoms with Crippen molar-refractivity contribution in [2.24, 2.45) is 0 Å². The van der Waals surface area contributed by atoms with Gasteiger partial charge in [-0.05, 0) is 38.8 Å². The number of aromatic nitrogens is 4. The Hall–Kier alpha value is -2.67. The molecule has 0 spiro atoms. The summed E-state index contributed by atoms with van der Waals surface area (Å²) in [7, 11) is 0. The number of hydrogen-bond acceptors (Lipinski definition) is 6. The van der Waals surface area contributed by atoms with Crippen molar-refractivity contribution in [3.8, 4) is 0 Å². The number of fused-ring (bicyclic) bond motifs is 1. The van der Waals surface area contributed by atoms with Crippen molar-refractivity contribution < 1.29 is 4.74 Å². The minimum absolute atomic E-state index is 0.142. The maximum absolute atomic E-state index is 5.94. The second kappa shape index (κ2) is 6.57. The van der Waals surface area contributed by atoms with Crippen molar-refractivity contribution in [3.05, 3.63) is 41.9 Å². The van der Waals surface area contributed by atoms with Crippen LogP contribution in [0, 0.1) is 6.92 Å². The van der Waals surface area contributed by atoms with E-state index in [4.69, 9.17) is 10.5 Å². The zero-order valence-corrected chi connectivity index (χ0v) is 15.2. The average molecular weight is 352 g/mol. The first-order valence-corrected chi connectivity index (χ1v) is 8.96. The standard InChI is InChI=1S/C19H24N6O/c1-13-22-15-6-3-4-7-16(15)25(13)11-14-10-17(24-18(20)23-14)21-12-19(2)8-5-9-26-19/h3-4,6-7,10H,5,8-9,11-12H2,1-2H3,(H3,20,21,23,24). The van der Waals surface area contributed by atoms with Crippen LogP contribution < -0.4 is 11.1 Å². The molecule has 3 N–H and O–H groups in total. The third-order valence-electron chi connectivity index (χ3n) is 4.91. The van der Waals surface area contributed by atoms with E-state index in [1.807, 2.05) is 31.2 Å². The van der Waals surface area contributed by atoms with Gasteiger partial charge in [-0.25, -0.2) is 9.97 Å². The molecule has 2 aromatic heterocycles. The first kappa shape index (κ1) is 16.8. The molecular weight excluding hydrogens is 328 g/mol. The highest BCUT2D eigenvalue weighted by molar-refractivity contribution is 5.75. The number of anilines is 2. The van der Waals surface area contributed by atoms with Crippen molar-refractivity contribution >= 4 is 22.8 Å². The van der Waals surface area contributed by atoms with Crippen LogP contribution in [-0.2, 0) is 11.3 Å². The number of imidazole rings is 1. The first-order valence-electron chi connectivity index (χ1n) is 8.96. The van der Waals surface area contributed by atoms with Crippen molar-refractivity contribution in [3.63, 3.8) is 0 Å². The van der Waals surface area contributed by atoms with Crippen LogP contribution >= 0.6 is 0 Å². The van der Waals surface area contributed by atoms with E-state index in [0.29, 0.717) is 13.1 Å². The van der Waals surface area contributed by atoms with E-state index in [9.17, 15) is 0 Å². The molecule has 0 saturated carbocycles. The molecule has 0 bridgehead atoms. The van der Waals surface area contributed by atoms with Gasteiger partial charge in [0.2, 0.25) is 5.95 Å². The molecule has 0 amide bonds. The number of hydrogen-bond donors (Lipinski definition) is 2. The van der Waals surface area contributed by atoms with Gasteiger partial charge < -0.3 is 20.4 Å². The molecule has 1 unspecified atom stereocenters. The van der Waals surface area contributed by atoms with Crippen LogP contribution in [0.2, 0.25) is 0 Å². The lowest BCUT2D eigenvalue weighted by Crippen LogP contribution is -2.32. The van der Waals surface area contributed by atoms with Crippen LogP contribution in [0.15, 0.2) is 30.3 Å². The summed E-state index contributed by atoms with van der Waals surface area (Å²) < 4.78 is 7.96. The maximum atomic E-state index is 5.94. The van der Waals surface area contributed by atoms with E-state index in [2.05, 4.69) is 37.8 Å². The van der Waals surface area contributed by atoms with E-state index in [1.54, 1.807) is 0 Å². The molecule has 1 saturated heterocycles. The number of aryl methyl sites for hydroxylation is 1. The van der Waals surface area contributed by atoms with Gasteiger partial charge in [0.05, 0.1) is 28.9 Å². The molecule has 7 nitrogen and oxygen atoms in total. The van der Waals surface area contributed by atoms with Crippen LogP contribution in [0.3, 0.4) is 0 Å². The molecule has 1 aliphatic heterocycles. The quantitative estimate of drug-likeness (QED) is 0.734. The van der Waals surface area contributed by atoms with Crippen molar-refractivity contribution in [1.29, 1.82) is 0 Å². The Bertz CT molecular complexity index is 929. The van der Waals surface area contributed by atoms with Crippen molar-refractivity contribution in [2.45, 2.75) is 38.8 Å². The largest absolute Gasteiger partial charge is 0.373 e. The van der Waals surface area contributed by atoms with Gasteiger partial charge in [-0.3, -0.25) is 0 Å². The smallest absolute Gasteiger partial charge is 0.222 e. The Morgan fingerprint density at radius 2 is 2.12 bits per heavy atom. The minimum atomic E-state index is -0.142. The second-order valence-corrected chi connectivity index (χ2v) is 7.09. The summed E-state index contributed by atoms with van der Waals surface area (Å²) in [5, 5.41) is 3.36. The van der Waals surface area contributed by atoms with Gasteiger partial charge >= 0.3 is 0 Å². The molecule has 0 aliphatic carbocycles. The number of nitrogens with zero attached hydrogens (tertiary/aromatic N) is 4. The lowest BCUT2D eigenvalue weighted by atomic mass is 10.0. The Morgan fingerprint density at radius 3 is 2.92 bits per heavy atom. The van der Waals surface area contributed by atoms with E-state index in [0.717, 1.165) is 47.8 Å². The van der Waals surface area contributed by atoms with Gasteiger partial charge in [-0.1, -0.05) is 12.1 Å². The fraction of sp³-hybridized carbons (Fsp3) is 0.421. The Balaban J connectivity index is 1.57. The topological polar surface area (TPSA) is 90.9 Å². The summed E-state index contributed by atoms with van der Waals surface area (Å²) in [5.74, 6) is 1.95. The van der Waals surface area contributed by atoms with E-state index in [-0.39, 0.29) is 11.5 Å². The molecule has 3 heterocycles. The molecule has 1 fully saturated rings. The number of ether oxygens (including phenoxy) is 1. The molecular formula is C19H24N6O. The zero-order chi connectivity index (χ0) is 18.1. The van der Waals surface area contributed by atoms with Crippen LogP contribution in [0.25, 0.3) is 11.0 Å². The fourth-order valence-electron chi connectivity index (χ4n) is 3.50. The summed E-state index contributed by atoms with van der Waals surface area (Å²) >= 11 is 0. The van der Waals surface area contributed by atoms with Gasteiger partial charge in [0.15, 0.2) is 0 Å². The molecule has 3 aromatic rings. The van der Waals surface area contributed by atoms with Crippen molar-refractivity contribution in [2.75, 3.05) is 24.2 Å². The number of rotatable bonds is 5. The molecule has 0 radical (unpaired) electrons. The molecule has 4 rings (SSSR count). The van der Waals surface area contributed by atoms with Crippen LogP contribution in [0.5, 0.6) is 0 Å². The van der Waals surface area contributed by atoms with Gasteiger partial charge in [0.1, 0.15) is 11.6 Å². The SMILES string of the molecule is Cc1nc2ccccc2n1Cc1cc(NCC2(C)CCCO2)nc(N)n1. The van der Waals surface area contributed by atoms with E-state index in [1.165, 1.54) is 0 Å². The van der Waals surface area contributed by atoms with Gasteiger partial charge in [0, 0.05) is 19.2 Å².